The molecule has 1 fully saturated rings. The molecule has 116 valence electrons. The van der Waals surface area contributed by atoms with Crippen LogP contribution in [0.25, 0.3) is 10.9 Å². The summed E-state index contributed by atoms with van der Waals surface area (Å²) in [6.07, 6.45) is 4.80. The van der Waals surface area contributed by atoms with Crippen molar-refractivity contribution in [1.29, 1.82) is 0 Å². The van der Waals surface area contributed by atoms with Crippen molar-refractivity contribution in [1.82, 2.24) is 4.98 Å². The predicted octanol–water partition coefficient (Wildman–Crippen LogP) is 3.39. The fourth-order valence-electron chi connectivity index (χ4n) is 3.43. The molecule has 0 unspecified atom stereocenters. The molecule has 0 saturated heterocycles. The number of rotatable bonds is 4. The normalized spacial score (nSPS) is 21.7. The number of nitrogens with one attached hydrogen (secondary N) is 1. The van der Waals surface area contributed by atoms with Crippen LogP contribution >= 0.6 is 0 Å². The summed E-state index contributed by atoms with van der Waals surface area (Å²) in [6.45, 7) is 2.12. The Kier molecular flexibility index (Phi) is 4.27. The van der Waals surface area contributed by atoms with Gasteiger partial charge < -0.3 is 11.1 Å². The minimum absolute atomic E-state index is 0.178. The van der Waals surface area contributed by atoms with Crippen molar-refractivity contribution in [3.8, 4) is 0 Å². The summed E-state index contributed by atoms with van der Waals surface area (Å²) in [7, 11) is 0. The molecule has 4 nitrogen and oxygen atoms in total. The molecule has 0 atom stereocenters. The van der Waals surface area contributed by atoms with Gasteiger partial charge in [-0.3, -0.25) is 4.79 Å². The number of hydrogen-bond acceptors (Lipinski definition) is 3. The quantitative estimate of drug-likeness (QED) is 0.909. The second-order valence-electron chi connectivity index (χ2n) is 6.37. The molecule has 1 aromatic carbocycles. The van der Waals surface area contributed by atoms with Crippen LogP contribution in [-0.2, 0) is 4.79 Å². The molecule has 0 spiro atoms. The van der Waals surface area contributed by atoms with Gasteiger partial charge in [-0.15, -0.1) is 0 Å². The van der Waals surface area contributed by atoms with E-state index in [0.29, 0.717) is 18.4 Å². The van der Waals surface area contributed by atoms with Crippen LogP contribution in [0.4, 0.5) is 5.82 Å². The zero-order valence-corrected chi connectivity index (χ0v) is 13.0. The molecule has 1 amide bonds. The molecule has 1 aromatic heterocycles. The Morgan fingerprint density at radius 2 is 2.00 bits per heavy atom. The Bertz CT molecular complexity index is 675. The van der Waals surface area contributed by atoms with Gasteiger partial charge in [0.25, 0.3) is 0 Å². The monoisotopic (exact) mass is 297 g/mol. The molecule has 2 aromatic rings. The standard InChI is InChI=1S/C18H23N3O/c1-12-10-18(21-16-5-3-2-4-15(12)16)20-14-8-6-13(7-9-14)11-17(19)22/h2-5,10,13-14H,6-9,11H2,1H3,(H2,19,22)(H,20,21). The Balaban J connectivity index is 1.66. The van der Waals surface area contributed by atoms with Gasteiger partial charge in [0.15, 0.2) is 0 Å². The average molecular weight is 297 g/mol. The average Bonchev–Trinajstić information content (AvgIpc) is 2.49. The summed E-state index contributed by atoms with van der Waals surface area (Å²) in [5.41, 5.74) is 7.57. The number of nitrogens with zero attached hydrogens (tertiary/aromatic N) is 1. The number of primary amides is 1. The van der Waals surface area contributed by atoms with Crippen LogP contribution in [0.1, 0.15) is 37.7 Å². The minimum Gasteiger partial charge on any atom is -0.370 e. The molecule has 1 aliphatic carbocycles. The van der Waals surface area contributed by atoms with Gasteiger partial charge >= 0.3 is 0 Å². The van der Waals surface area contributed by atoms with Crippen molar-refractivity contribution < 1.29 is 4.79 Å². The first-order valence-corrected chi connectivity index (χ1v) is 8.03. The van der Waals surface area contributed by atoms with E-state index in [-0.39, 0.29) is 5.91 Å². The van der Waals surface area contributed by atoms with Crippen LogP contribution in [0.3, 0.4) is 0 Å². The van der Waals surface area contributed by atoms with Gasteiger partial charge in [-0.05, 0) is 56.2 Å². The molecular formula is C18H23N3O. The number of carbonyl (C=O) groups excluding carboxylic acids is 1. The summed E-state index contributed by atoms with van der Waals surface area (Å²) in [6, 6.07) is 10.8. The highest BCUT2D eigenvalue weighted by atomic mass is 16.1. The topological polar surface area (TPSA) is 68.0 Å². The van der Waals surface area contributed by atoms with E-state index in [2.05, 4.69) is 30.4 Å². The molecule has 22 heavy (non-hydrogen) atoms. The first kappa shape index (κ1) is 14.8. The van der Waals surface area contributed by atoms with Crippen molar-refractivity contribution in [2.24, 2.45) is 11.7 Å². The molecule has 0 aliphatic heterocycles. The zero-order valence-electron chi connectivity index (χ0n) is 13.0. The van der Waals surface area contributed by atoms with E-state index in [1.165, 1.54) is 10.9 Å². The van der Waals surface area contributed by atoms with Gasteiger partial charge in [0.05, 0.1) is 5.52 Å². The van der Waals surface area contributed by atoms with Crippen LogP contribution < -0.4 is 11.1 Å². The number of benzene rings is 1. The SMILES string of the molecule is Cc1cc(NC2CCC(CC(N)=O)CC2)nc2ccccc12. The maximum absolute atomic E-state index is 11.0. The Morgan fingerprint density at radius 1 is 1.27 bits per heavy atom. The van der Waals surface area contributed by atoms with E-state index >= 15 is 0 Å². The van der Waals surface area contributed by atoms with Crippen LogP contribution in [0.15, 0.2) is 30.3 Å². The smallest absolute Gasteiger partial charge is 0.217 e. The fraction of sp³-hybridized carbons (Fsp3) is 0.444. The van der Waals surface area contributed by atoms with Gasteiger partial charge in [0, 0.05) is 17.8 Å². The number of amides is 1. The maximum Gasteiger partial charge on any atom is 0.217 e. The second-order valence-corrected chi connectivity index (χ2v) is 6.37. The lowest BCUT2D eigenvalue weighted by molar-refractivity contribution is -0.119. The molecular weight excluding hydrogens is 274 g/mol. The highest BCUT2D eigenvalue weighted by Crippen LogP contribution is 2.29. The van der Waals surface area contributed by atoms with E-state index in [0.717, 1.165) is 37.0 Å². The van der Waals surface area contributed by atoms with Crippen LogP contribution in [0, 0.1) is 12.8 Å². The fourth-order valence-corrected chi connectivity index (χ4v) is 3.43. The number of fused-ring (bicyclic) bond motifs is 1. The van der Waals surface area contributed by atoms with Gasteiger partial charge in [0.2, 0.25) is 5.91 Å². The molecule has 4 heteroatoms. The van der Waals surface area contributed by atoms with Crippen LogP contribution in [0.5, 0.6) is 0 Å². The second kappa shape index (κ2) is 6.34. The first-order valence-electron chi connectivity index (χ1n) is 8.03. The molecule has 3 N–H and O–H groups in total. The highest BCUT2D eigenvalue weighted by Gasteiger charge is 2.22. The molecule has 1 aliphatic rings. The van der Waals surface area contributed by atoms with Crippen molar-refractivity contribution in [2.75, 3.05) is 5.32 Å². The minimum atomic E-state index is -0.178. The number of aromatic nitrogens is 1. The van der Waals surface area contributed by atoms with Crippen LogP contribution in [-0.4, -0.2) is 16.9 Å². The third-order valence-electron chi connectivity index (χ3n) is 4.61. The number of anilines is 1. The van der Waals surface area contributed by atoms with Crippen molar-refractivity contribution >= 4 is 22.6 Å². The van der Waals surface area contributed by atoms with Gasteiger partial charge in [-0.2, -0.15) is 0 Å². The lowest BCUT2D eigenvalue weighted by Gasteiger charge is -2.29. The molecule has 3 rings (SSSR count). The molecule has 0 bridgehead atoms. The molecule has 1 heterocycles. The first-order chi connectivity index (χ1) is 10.6. The maximum atomic E-state index is 11.0. The summed E-state index contributed by atoms with van der Waals surface area (Å²) in [5, 5.41) is 4.77. The Hall–Kier alpha value is -2.10. The predicted molar refractivity (Wildman–Crippen MR) is 89.7 cm³/mol. The summed E-state index contributed by atoms with van der Waals surface area (Å²) >= 11 is 0. The number of hydrogen-bond donors (Lipinski definition) is 2. The van der Waals surface area contributed by atoms with Gasteiger partial charge in [-0.1, -0.05) is 18.2 Å². The molecule has 0 radical (unpaired) electrons. The van der Waals surface area contributed by atoms with Crippen molar-refractivity contribution in [3.05, 3.63) is 35.9 Å². The van der Waals surface area contributed by atoms with E-state index in [4.69, 9.17) is 10.7 Å². The largest absolute Gasteiger partial charge is 0.370 e. The third kappa shape index (κ3) is 3.38. The number of pyridine rings is 1. The number of nitrogens with two attached hydrogens (primary N) is 1. The molecule has 1 saturated carbocycles. The third-order valence-corrected chi connectivity index (χ3v) is 4.61. The van der Waals surface area contributed by atoms with E-state index < -0.39 is 0 Å². The number of aryl methyl sites for hydroxylation is 1. The highest BCUT2D eigenvalue weighted by molar-refractivity contribution is 5.83. The van der Waals surface area contributed by atoms with Crippen molar-refractivity contribution in [3.63, 3.8) is 0 Å². The zero-order chi connectivity index (χ0) is 15.5. The van der Waals surface area contributed by atoms with Crippen LogP contribution in [0.2, 0.25) is 0 Å². The lowest BCUT2D eigenvalue weighted by atomic mass is 9.84. The lowest BCUT2D eigenvalue weighted by Crippen LogP contribution is -2.28. The summed E-state index contributed by atoms with van der Waals surface area (Å²) in [4.78, 5) is 15.7. The van der Waals surface area contributed by atoms with Gasteiger partial charge in [0.1, 0.15) is 5.82 Å². The Labute approximate surface area is 131 Å². The van der Waals surface area contributed by atoms with E-state index in [9.17, 15) is 4.79 Å². The summed E-state index contributed by atoms with van der Waals surface area (Å²) in [5.74, 6) is 1.24. The number of carbonyl (C=O) groups is 1. The summed E-state index contributed by atoms with van der Waals surface area (Å²) < 4.78 is 0. The van der Waals surface area contributed by atoms with E-state index in [1.807, 2.05) is 12.1 Å². The Morgan fingerprint density at radius 3 is 2.73 bits per heavy atom. The number of para-hydroxylation sites is 1. The van der Waals surface area contributed by atoms with E-state index in [1.54, 1.807) is 0 Å². The van der Waals surface area contributed by atoms with Crippen molar-refractivity contribution in [2.45, 2.75) is 45.1 Å². The van der Waals surface area contributed by atoms with Gasteiger partial charge in [-0.25, -0.2) is 4.98 Å².